The first kappa shape index (κ1) is 11.9. The van der Waals surface area contributed by atoms with Gasteiger partial charge >= 0.3 is 0 Å². The van der Waals surface area contributed by atoms with Crippen molar-refractivity contribution in [3.05, 3.63) is 0 Å². The van der Waals surface area contributed by atoms with Gasteiger partial charge in [0.25, 0.3) is 0 Å². The average Bonchev–Trinajstić information content (AvgIpc) is 2.10. The smallest absolute Gasteiger partial charge is 0.186 e. The largest absolute Gasteiger partial charge is 0.388 e. The van der Waals surface area contributed by atoms with Crippen LogP contribution in [-0.2, 0) is 9.47 Å². The number of likely N-dealkylation sites (N-methyl/N-ethyl adjacent to an activating group) is 1. The highest BCUT2D eigenvalue weighted by Crippen LogP contribution is 2.23. The molecule has 0 aromatic rings. The highest BCUT2D eigenvalue weighted by molar-refractivity contribution is 4.91. The van der Waals surface area contributed by atoms with E-state index in [0.717, 1.165) is 0 Å². The highest BCUT2D eigenvalue weighted by Gasteiger charge is 2.43. The molecular formula is C9H19NO4. The third kappa shape index (κ3) is 2.07. The van der Waals surface area contributed by atoms with E-state index in [-0.39, 0.29) is 12.1 Å². The Kier molecular flexibility index (Phi) is 3.86. The maximum Gasteiger partial charge on any atom is 0.186 e. The van der Waals surface area contributed by atoms with Gasteiger partial charge < -0.3 is 24.6 Å². The van der Waals surface area contributed by atoms with E-state index < -0.39 is 18.5 Å². The molecule has 0 unspecified atom stereocenters. The van der Waals surface area contributed by atoms with Gasteiger partial charge in [-0.25, -0.2) is 0 Å². The summed E-state index contributed by atoms with van der Waals surface area (Å²) < 4.78 is 10.3. The lowest BCUT2D eigenvalue weighted by atomic mass is 9.96. The molecule has 84 valence electrons. The van der Waals surface area contributed by atoms with E-state index >= 15 is 0 Å². The van der Waals surface area contributed by atoms with Crippen LogP contribution in [0.25, 0.3) is 0 Å². The average molecular weight is 205 g/mol. The molecule has 1 aliphatic heterocycles. The fourth-order valence-electron chi connectivity index (χ4n) is 1.93. The molecule has 0 bridgehead atoms. The van der Waals surface area contributed by atoms with Crippen LogP contribution in [0.5, 0.6) is 0 Å². The quantitative estimate of drug-likeness (QED) is 0.607. The van der Waals surface area contributed by atoms with Gasteiger partial charge in [-0.05, 0) is 21.0 Å². The van der Waals surface area contributed by atoms with Crippen LogP contribution in [0, 0.1) is 0 Å². The van der Waals surface area contributed by atoms with Gasteiger partial charge in [0.05, 0.1) is 12.1 Å². The maximum atomic E-state index is 9.83. The monoisotopic (exact) mass is 205 g/mol. The summed E-state index contributed by atoms with van der Waals surface area (Å²) in [4.78, 5) is 1.84. The van der Waals surface area contributed by atoms with E-state index in [0.29, 0.717) is 0 Å². The van der Waals surface area contributed by atoms with E-state index in [1.165, 1.54) is 7.11 Å². The summed E-state index contributed by atoms with van der Waals surface area (Å²) >= 11 is 0. The van der Waals surface area contributed by atoms with Crippen molar-refractivity contribution in [2.45, 2.75) is 37.6 Å². The summed E-state index contributed by atoms with van der Waals surface area (Å²) in [7, 11) is 5.13. The Morgan fingerprint density at radius 1 is 1.21 bits per heavy atom. The molecule has 5 heteroatoms. The second-order valence-electron chi connectivity index (χ2n) is 3.88. The molecule has 0 amide bonds. The number of nitrogens with zero attached hydrogens (tertiary/aromatic N) is 1. The second kappa shape index (κ2) is 4.55. The van der Waals surface area contributed by atoms with E-state index in [4.69, 9.17) is 9.47 Å². The molecule has 1 heterocycles. The second-order valence-corrected chi connectivity index (χ2v) is 3.88. The van der Waals surface area contributed by atoms with Gasteiger partial charge in [-0.2, -0.15) is 0 Å². The van der Waals surface area contributed by atoms with Crippen LogP contribution >= 0.6 is 0 Å². The molecular weight excluding hydrogens is 186 g/mol. The lowest BCUT2D eigenvalue weighted by Crippen LogP contribution is -2.61. The first-order chi connectivity index (χ1) is 6.49. The summed E-state index contributed by atoms with van der Waals surface area (Å²) in [5.41, 5.74) is 0. The van der Waals surface area contributed by atoms with Gasteiger partial charge in [-0.15, -0.1) is 0 Å². The number of rotatable bonds is 2. The van der Waals surface area contributed by atoms with Crippen molar-refractivity contribution in [3.8, 4) is 0 Å². The molecule has 0 saturated carbocycles. The Morgan fingerprint density at radius 3 is 2.21 bits per heavy atom. The third-order valence-corrected chi connectivity index (χ3v) is 2.64. The van der Waals surface area contributed by atoms with Crippen LogP contribution < -0.4 is 0 Å². The van der Waals surface area contributed by atoms with Crippen LogP contribution in [0.4, 0.5) is 0 Å². The topological polar surface area (TPSA) is 62.2 Å². The molecule has 0 spiro atoms. The van der Waals surface area contributed by atoms with Crippen molar-refractivity contribution < 1.29 is 19.7 Å². The minimum absolute atomic E-state index is 0.173. The molecule has 1 rings (SSSR count). The predicted molar refractivity (Wildman–Crippen MR) is 50.8 cm³/mol. The predicted octanol–water partition coefficient (Wildman–Crippen LogP) is -0.970. The Hall–Kier alpha value is -0.200. The molecule has 0 aromatic carbocycles. The number of hydrogen-bond donors (Lipinski definition) is 2. The van der Waals surface area contributed by atoms with Crippen LogP contribution in [0.3, 0.4) is 0 Å². The summed E-state index contributed by atoms with van der Waals surface area (Å²) in [5.74, 6) is 0. The molecule has 2 N–H and O–H groups in total. The Balaban J connectivity index is 2.74. The van der Waals surface area contributed by atoms with E-state index in [9.17, 15) is 10.2 Å². The zero-order valence-electron chi connectivity index (χ0n) is 9.04. The summed E-state index contributed by atoms with van der Waals surface area (Å²) in [6, 6.07) is -0.212. The molecule has 14 heavy (non-hydrogen) atoms. The van der Waals surface area contributed by atoms with Gasteiger partial charge in [0.2, 0.25) is 0 Å². The van der Waals surface area contributed by atoms with Crippen LogP contribution in [0.2, 0.25) is 0 Å². The first-order valence-electron chi connectivity index (χ1n) is 4.70. The van der Waals surface area contributed by atoms with Crippen LogP contribution in [0.15, 0.2) is 0 Å². The molecule has 5 nitrogen and oxygen atoms in total. The highest BCUT2D eigenvalue weighted by atomic mass is 16.7. The fourth-order valence-corrected chi connectivity index (χ4v) is 1.93. The zero-order valence-corrected chi connectivity index (χ0v) is 9.04. The van der Waals surface area contributed by atoms with Crippen molar-refractivity contribution in [1.29, 1.82) is 0 Å². The Labute approximate surface area is 84.2 Å². The number of aliphatic hydroxyl groups excluding tert-OH is 2. The zero-order chi connectivity index (χ0) is 10.9. The molecule has 1 saturated heterocycles. The van der Waals surface area contributed by atoms with Crippen molar-refractivity contribution in [3.63, 3.8) is 0 Å². The van der Waals surface area contributed by atoms with E-state index in [2.05, 4.69) is 0 Å². The summed E-state index contributed by atoms with van der Waals surface area (Å²) in [5, 5.41) is 19.5. The van der Waals surface area contributed by atoms with Gasteiger partial charge in [-0.1, -0.05) is 0 Å². The van der Waals surface area contributed by atoms with Crippen molar-refractivity contribution in [2.75, 3.05) is 21.2 Å². The summed E-state index contributed by atoms with van der Waals surface area (Å²) in [6.07, 6.45) is -2.76. The maximum absolute atomic E-state index is 9.83. The first-order valence-corrected chi connectivity index (χ1v) is 4.70. The number of aliphatic hydroxyl groups is 2. The molecule has 0 radical (unpaired) electrons. The number of ether oxygens (including phenoxy) is 2. The van der Waals surface area contributed by atoms with Crippen LogP contribution in [0.1, 0.15) is 6.92 Å². The normalized spacial score (nSPS) is 44.4. The Bertz CT molecular complexity index is 188. The minimum Gasteiger partial charge on any atom is -0.388 e. The van der Waals surface area contributed by atoms with Gasteiger partial charge in [0, 0.05) is 7.11 Å². The number of hydrogen-bond acceptors (Lipinski definition) is 5. The molecule has 1 fully saturated rings. The van der Waals surface area contributed by atoms with E-state index in [1.807, 2.05) is 25.9 Å². The van der Waals surface area contributed by atoms with E-state index in [1.54, 1.807) is 0 Å². The standard InChI is InChI=1S/C9H19NO4/c1-5-6(10(2)3)7(11)8(12)9(13-4)14-5/h5-9,11-12H,1-4H3/t5-,6-,7+,8-,9-/m1/s1. The van der Waals surface area contributed by atoms with Crippen molar-refractivity contribution in [2.24, 2.45) is 0 Å². The lowest BCUT2D eigenvalue weighted by Gasteiger charge is -2.43. The lowest BCUT2D eigenvalue weighted by molar-refractivity contribution is -0.273. The molecule has 0 aromatic heterocycles. The molecule has 1 aliphatic rings. The Morgan fingerprint density at radius 2 is 1.79 bits per heavy atom. The third-order valence-electron chi connectivity index (χ3n) is 2.64. The molecule has 5 atom stereocenters. The fraction of sp³-hybridized carbons (Fsp3) is 1.00. The number of methoxy groups -OCH3 is 1. The summed E-state index contributed by atoms with van der Waals surface area (Å²) in [6.45, 7) is 1.85. The van der Waals surface area contributed by atoms with Crippen LogP contribution in [-0.4, -0.2) is 67.0 Å². The van der Waals surface area contributed by atoms with Gasteiger partial charge in [0.1, 0.15) is 12.2 Å². The van der Waals surface area contributed by atoms with Crippen molar-refractivity contribution >= 4 is 0 Å². The molecule has 0 aliphatic carbocycles. The minimum atomic E-state index is -0.997. The van der Waals surface area contributed by atoms with Crippen molar-refractivity contribution in [1.82, 2.24) is 4.90 Å². The van der Waals surface area contributed by atoms with Gasteiger partial charge in [0.15, 0.2) is 6.29 Å². The SMILES string of the molecule is CO[C@@H]1O[C@H](C)[C@@H](N(C)C)[C@H](O)[C@H]1O. The van der Waals surface area contributed by atoms with Gasteiger partial charge in [-0.3, -0.25) is 0 Å².